The molecule has 0 aliphatic heterocycles. The topological polar surface area (TPSA) is 26.0 Å². The van der Waals surface area contributed by atoms with E-state index in [2.05, 4.69) is 67.7 Å². The Bertz CT molecular complexity index is 718. The molecule has 0 saturated heterocycles. The summed E-state index contributed by atoms with van der Waals surface area (Å²) in [5.74, 6) is 6.70. The van der Waals surface area contributed by atoms with Crippen molar-refractivity contribution in [1.29, 1.82) is 0 Å². The molecule has 10 atom stereocenters. The molecule has 1 nitrogen and oxygen atoms in total. The van der Waals surface area contributed by atoms with Crippen molar-refractivity contribution in [2.45, 2.75) is 32.2 Å². The molecule has 2 N–H and O–H groups in total. The molecular weight excluding hydrogens is 314 g/mol. The van der Waals surface area contributed by atoms with E-state index in [1.807, 2.05) is 0 Å². The Labute approximate surface area is 157 Å². The van der Waals surface area contributed by atoms with Gasteiger partial charge in [-0.1, -0.05) is 67.7 Å². The minimum Gasteiger partial charge on any atom is -0.328 e. The Hall–Kier alpha value is -1.34. The van der Waals surface area contributed by atoms with Crippen molar-refractivity contribution in [2.75, 3.05) is 0 Å². The van der Waals surface area contributed by atoms with E-state index in [4.69, 9.17) is 5.73 Å². The highest BCUT2D eigenvalue weighted by Crippen LogP contribution is 2.75. The molecule has 3 saturated carbocycles. The second-order valence-corrected chi connectivity index (χ2v) is 10.0. The van der Waals surface area contributed by atoms with Crippen molar-refractivity contribution < 1.29 is 0 Å². The second-order valence-electron chi connectivity index (χ2n) is 10.0. The van der Waals surface area contributed by atoms with E-state index in [0.29, 0.717) is 35.1 Å². The largest absolute Gasteiger partial charge is 0.328 e. The van der Waals surface area contributed by atoms with Crippen LogP contribution < -0.4 is 5.73 Å². The number of nitrogens with two attached hydrogens (primary N) is 1. The molecule has 1 heteroatoms. The molecule has 0 bridgehead atoms. The van der Waals surface area contributed by atoms with Gasteiger partial charge in [-0.15, -0.1) is 0 Å². The highest BCUT2D eigenvalue weighted by molar-refractivity contribution is 5.36. The van der Waals surface area contributed by atoms with Crippen LogP contribution in [0.4, 0.5) is 0 Å². The highest BCUT2D eigenvalue weighted by Gasteiger charge is 2.71. The molecule has 0 aromatic carbocycles. The molecular formula is C25H31N. The molecule has 0 aromatic rings. The summed E-state index contributed by atoms with van der Waals surface area (Å²) in [6, 6.07) is 0.416. The van der Waals surface area contributed by atoms with Crippen LogP contribution >= 0.6 is 0 Å². The smallest absolute Gasteiger partial charge is 0.00447 e. The third-order valence-corrected chi connectivity index (χ3v) is 9.13. The molecule has 3 fully saturated rings. The molecule has 136 valence electrons. The zero-order chi connectivity index (χ0) is 17.5. The molecule has 0 heterocycles. The Balaban J connectivity index is 1.57. The van der Waals surface area contributed by atoms with Crippen molar-refractivity contribution in [3.05, 3.63) is 60.8 Å². The molecule has 6 aliphatic carbocycles. The van der Waals surface area contributed by atoms with Crippen molar-refractivity contribution >= 4 is 0 Å². The van der Waals surface area contributed by atoms with Gasteiger partial charge in [0, 0.05) is 6.04 Å². The van der Waals surface area contributed by atoms with Crippen LogP contribution in [0.2, 0.25) is 0 Å². The maximum Gasteiger partial charge on any atom is 0.00447 e. The zero-order valence-electron chi connectivity index (χ0n) is 15.7. The van der Waals surface area contributed by atoms with Gasteiger partial charge in [0.25, 0.3) is 0 Å². The molecule has 1 spiro atoms. The predicted octanol–water partition coefficient (Wildman–Crippen LogP) is 4.90. The van der Waals surface area contributed by atoms with E-state index in [-0.39, 0.29) is 0 Å². The van der Waals surface area contributed by atoms with Gasteiger partial charge in [-0.2, -0.15) is 0 Å². The summed E-state index contributed by atoms with van der Waals surface area (Å²) in [7, 11) is 0. The second kappa shape index (κ2) is 5.35. The third-order valence-electron chi connectivity index (χ3n) is 9.13. The summed E-state index contributed by atoms with van der Waals surface area (Å²) in [5.41, 5.74) is 6.99. The monoisotopic (exact) mass is 345 g/mol. The van der Waals surface area contributed by atoms with E-state index >= 15 is 0 Å². The Morgan fingerprint density at radius 2 is 1.35 bits per heavy atom. The van der Waals surface area contributed by atoms with Crippen LogP contribution in [0.5, 0.6) is 0 Å². The van der Waals surface area contributed by atoms with Crippen LogP contribution in [0.3, 0.4) is 0 Å². The summed E-state index contributed by atoms with van der Waals surface area (Å²) < 4.78 is 0. The number of fused-ring (bicyclic) bond motifs is 10. The summed E-state index contributed by atoms with van der Waals surface area (Å²) in [5, 5.41) is 0. The lowest BCUT2D eigenvalue weighted by Gasteiger charge is -2.48. The Morgan fingerprint density at radius 3 is 2.04 bits per heavy atom. The first-order valence-electron chi connectivity index (χ1n) is 10.8. The van der Waals surface area contributed by atoms with E-state index in [1.165, 1.54) is 19.3 Å². The molecule has 0 aromatic heterocycles. The summed E-state index contributed by atoms with van der Waals surface area (Å²) >= 11 is 0. The van der Waals surface area contributed by atoms with Crippen LogP contribution in [0.25, 0.3) is 0 Å². The molecule has 6 rings (SSSR count). The van der Waals surface area contributed by atoms with Crippen LogP contribution in [-0.2, 0) is 0 Å². The van der Waals surface area contributed by atoms with E-state index < -0.39 is 0 Å². The lowest BCUT2D eigenvalue weighted by molar-refractivity contribution is 0.0330. The summed E-state index contributed by atoms with van der Waals surface area (Å²) in [6.45, 7) is 2.43. The highest BCUT2D eigenvalue weighted by atomic mass is 14.8. The fraction of sp³-hybridized carbons (Fsp3) is 0.600. The molecule has 26 heavy (non-hydrogen) atoms. The first-order chi connectivity index (χ1) is 12.7. The van der Waals surface area contributed by atoms with E-state index in [1.54, 1.807) is 0 Å². The standard InChI is InChI=1S/C25H31N/c1-15-10-11-19-20-13-16(26)14-24(20)25(23(19)12-15)21-8-4-2-6-17(21)18-7-3-5-9-22(18)25/h2-11,15-24H,12-14,26H2,1H3/t15?,16?,17?,18?,19-,20?,21?,22?,23?,24?,25?/m1/s1. The van der Waals surface area contributed by atoms with Crippen molar-refractivity contribution in [3.63, 3.8) is 0 Å². The first kappa shape index (κ1) is 15.7. The van der Waals surface area contributed by atoms with Gasteiger partial charge in [0.1, 0.15) is 0 Å². The molecule has 9 unspecified atom stereocenters. The average Bonchev–Trinajstić information content (AvgIpc) is 3.26. The van der Waals surface area contributed by atoms with Crippen LogP contribution in [0.1, 0.15) is 26.2 Å². The van der Waals surface area contributed by atoms with Gasteiger partial charge in [0.05, 0.1) is 0 Å². The lowest BCUT2D eigenvalue weighted by atomic mass is 9.55. The van der Waals surface area contributed by atoms with Gasteiger partial charge in [0.15, 0.2) is 0 Å². The van der Waals surface area contributed by atoms with Crippen LogP contribution in [-0.4, -0.2) is 6.04 Å². The fourth-order valence-corrected chi connectivity index (χ4v) is 8.65. The van der Waals surface area contributed by atoms with Crippen molar-refractivity contribution in [3.8, 4) is 0 Å². The van der Waals surface area contributed by atoms with Gasteiger partial charge in [-0.25, -0.2) is 0 Å². The van der Waals surface area contributed by atoms with E-state index in [9.17, 15) is 0 Å². The van der Waals surface area contributed by atoms with Gasteiger partial charge in [0.2, 0.25) is 0 Å². The van der Waals surface area contributed by atoms with Gasteiger partial charge in [-0.05, 0) is 77.9 Å². The van der Waals surface area contributed by atoms with E-state index in [0.717, 1.165) is 29.6 Å². The van der Waals surface area contributed by atoms with Gasteiger partial charge in [-0.3, -0.25) is 0 Å². The minimum absolute atomic E-state index is 0.416. The fourth-order valence-electron chi connectivity index (χ4n) is 8.65. The maximum absolute atomic E-state index is 6.57. The van der Waals surface area contributed by atoms with Crippen LogP contribution in [0.15, 0.2) is 60.8 Å². The molecule has 0 amide bonds. The lowest BCUT2D eigenvalue weighted by Crippen LogP contribution is -2.44. The predicted molar refractivity (Wildman–Crippen MR) is 107 cm³/mol. The number of rotatable bonds is 0. The number of hydrogen-bond acceptors (Lipinski definition) is 1. The SMILES string of the molecule is CC1C=C[C@@H]2C3CC(N)CC3C3(C4C=CC=CC4C4C=CC=CC43)C2C1. The normalized spacial score (nSPS) is 58.1. The Kier molecular flexibility index (Phi) is 3.23. The summed E-state index contributed by atoms with van der Waals surface area (Å²) in [6.07, 6.45) is 28.5. The Morgan fingerprint density at radius 1 is 0.692 bits per heavy atom. The van der Waals surface area contributed by atoms with Crippen molar-refractivity contribution in [1.82, 2.24) is 0 Å². The number of hydrogen-bond donors (Lipinski definition) is 1. The minimum atomic E-state index is 0.416. The van der Waals surface area contributed by atoms with Gasteiger partial charge >= 0.3 is 0 Å². The molecule has 6 aliphatic rings. The van der Waals surface area contributed by atoms with Crippen LogP contribution in [0, 0.1) is 58.7 Å². The quantitative estimate of drug-likeness (QED) is 0.621. The number of allylic oxidation sites excluding steroid dienone is 10. The zero-order valence-corrected chi connectivity index (χ0v) is 15.7. The molecule has 0 radical (unpaired) electrons. The average molecular weight is 346 g/mol. The summed E-state index contributed by atoms with van der Waals surface area (Å²) in [4.78, 5) is 0. The maximum atomic E-state index is 6.57. The first-order valence-corrected chi connectivity index (χ1v) is 10.8. The van der Waals surface area contributed by atoms with Crippen molar-refractivity contribution in [2.24, 2.45) is 64.4 Å². The third kappa shape index (κ3) is 1.76. The van der Waals surface area contributed by atoms with Gasteiger partial charge < -0.3 is 5.73 Å².